The van der Waals surface area contributed by atoms with Crippen molar-refractivity contribution in [2.24, 2.45) is 0 Å². The summed E-state index contributed by atoms with van der Waals surface area (Å²) in [4.78, 5) is 26.3. The fraction of sp³-hybridized carbons (Fsp3) is 0.571. The van der Waals surface area contributed by atoms with Gasteiger partial charge in [0.1, 0.15) is 0 Å². The van der Waals surface area contributed by atoms with E-state index in [1.165, 1.54) is 6.07 Å². The maximum absolute atomic E-state index is 12.1. The fourth-order valence-corrected chi connectivity index (χ4v) is 3.03. The Bertz CT molecular complexity index is 537. The number of rotatable bonds is 2. The lowest BCUT2D eigenvalue weighted by Gasteiger charge is -2.27. The molecule has 1 saturated heterocycles. The summed E-state index contributed by atoms with van der Waals surface area (Å²) in [6, 6.07) is 3.38. The molecule has 0 bridgehead atoms. The van der Waals surface area contributed by atoms with Gasteiger partial charge in [0.25, 0.3) is 0 Å². The monoisotopic (exact) mass is 297 g/mol. The van der Waals surface area contributed by atoms with Crippen molar-refractivity contribution in [2.45, 2.75) is 44.2 Å². The summed E-state index contributed by atoms with van der Waals surface area (Å²) in [6.07, 6.45) is 4.80. The van der Waals surface area contributed by atoms with Crippen molar-refractivity contribution in [3.05, 3.63) is 33.7 Å². The number of carbonyl (C=O) groups is 1. The van der Waals surface area contributed by atoms with Crippen LogP contribution in [0.25, 0.3) is 0 Å². The van der Waals surface area contributed by atoms with Crippen LogP contribution < -0.4 is 16.2 Å². The average Bonchev–Trinajstić information content (AvgIpc) is 2.92. The Balaban J connectivity index is 0.00000147. The van der Waals surface area contributed by atoms with E-state index in [9.17, 15) is 9.59 Å². The van der Waals surface area contributed by atoms with E-state index in [0.29, 0.717) is 0 Å². The largest absolute Gasteiger partial charge is 0.348 e. The topological polar surface area (TPSA) is 74.0 Å². The quantitative estimate of drug-likeness (QED) is 0.764. The number of hydrogen-bond donors (Lipinski definition) is 3. The van der Waals surface area contributed by atoms with Crippen molar-refractivity contribution in [1.29, 1.82) is 0 Å². The highest BCUT2D eigenvalue weighted by Gasteiger charge is 2.27. The summed E-state index contributed by atoms with van der Waals surface area (Å²) < 4.78 is 0. The van der Waals surface area contributed by atoms with Crippen LogP contribution in [0.15, 0.2) is 16.9 Å². The number of carbonyl (C=O) groups excluding carboxylic acids is 1. The molecule has 5 nitrogen and oxygen atoms in total. The van der Waals surface area contributed by atoms with Gasteiger partial charge in [0.05, 0.1) is 12.1 Å². The van der Waals surface area contributed by atoms with Crippen molar-refractivity contribution in [1.82, 2.24) is 15.6 Å². The molecule has 2 atom stereocenters. The van der Waals surface area contributed by atoms with Gasteiger partial charge in [-0.05, 0) is 50.3 Å². The van der Waals surface area contributed by atoms with Gasteiger partial charge in [0.15, 0.2) is 0 Å². The molecule has 110 valence electrons. The van der Waals surface area contributed by atoms with E-state index >= 15 is 0 Å². The fourth-order valence-electron chi connectivity index (χ4n) is 3.03. The summed E-state index contributed by atoms with van der Waals surface area (Å²) >= 11 is 0. The number of H-pyrrole nitrogens is 1. The normalized spacial score (nSPS) is 24.6. The van der Waals surface area contributed by atoms with Crippen molar-refractivity contribution < 1.29 is 4.79 Å². The second-order valence-electron chi connectivity index (χ2n) is 5.36. The van der Waals surface area contributed by atoms with Gasteiger partial charge in [0.2, 0.25) is 11.5 Å². The second-order valence-corrected chi connectivity index (χ2v) is 5.36. The maximum atomic E-state index is 12.1. The first kappa shape index (κ1) is 15.1. The molecule has 3 rings (SSSR count). The van der Waals surface area contributed by atoms with Gasteiger partial charge in [-0.3, -0.25) is 9.59 Å². The lowest BCUT2D eigenvalue weighted by atomic mass is 9.91. The van der Waals surface area contributed by atoms with Crippen molar-refractivity contribution in [3.63, 3.8) is 0 Å². The minimum absolute atomic E-state index is 0. The molecule has 0 radical (unpaired) electrons. The molecule has 3 N–H and O–H groups in total. The van der Waals surface area contributed by atoms with Crippen LogP contribution in [0.5, 0.6) is 0 Å². The third kappa shape index (κ3) is 3.04. The number of fused-ring (bicyclic) bond motifs is 1. The van der Waals surface area contributed by atoms with Crippen LogP contribution in [0.4, 0.5) is 0 Å². The van der Waals surface area contributed by atoms with Crippen LogP contribution in [0, 0.1) is 0 Å². The van der Waals surface area contributed by atoms with E-state index in [0.717, 1.165) is 49.9 Å². The van der Waals surface area contributed by atoms with E-state index in [4.69, 9.17) is 0 Å². The molecule has 0 saturated carbocycles. The summed E-state index contributed by atoms with van der Waals surface area (Å²) in [7, 11) is 0. The minimum atomic E-state index is -0.0665. The lowest BCUT2D eigenvalue weighted by molar-refractivity contribution is -0.123. The van der Waals surface area contributed by atoms with Crippen molar-refractivity contribution in [2.75, 3.05) is 6.54 Å². The molecule has 1 aromatic rings. The SMILES string of the molecule is Cl.O=C(NC1CCCc2[nH]c(=O)ccc21)C1CCCN1. The Morgan fingerprint density at radius 3 is 2.85 bits per heavy atom. The van der Waals surface area contributed by atoms with E-state index in [1.807, 2.05) is 6.07 Å². The van der Waals surface area contributed by atoms with Crippen molar-refractivity contribution in [3.8, 4) is 0 Å². The van der Waals surface area contributed by atoms with Crippen molar-refractivity contribution >= 4 is 18.3 Å². The van der Waals surface area contributed by atoms with E-state index in [1.54, 1.807) is 0 Å². The Labute approximate surface area is 123 Å². The number of aromatic amines is 1. The van der Waals surface area contributed by atoms with Crippen LogP contribution in [0.2, 0.25) is 0 Å². The summed E-state index contributed by atoms with van der Waals surface area (Å²) in [5.74, 6) is 0.0848. The molecule has 2 heterocycles. The molecule has 0 aromatic carbocycles. The highest BCUT2D eigenvalue weighted by molar-refractivity contribution is 5.85. The zero-order valence-corrected chi connectivity index (χ0v) is 12.1. The molecule has 20 heavy (non-hydrogen) atoms. The molecule has 1 fully saturated rings. The maximum Gasteiger partial charge on any atom is 0.248 e. The number of aromatic nitrogens is 1. The second kappa shape index (κ2) is 6.41. The number of aryl methyl sites for hydroxylation is 1. The third-order valence-corrected chi connectivity index (χ3v) is 4.03. The van der Waals surface area contributed by atoms with Gasteiger partial charge in [-0.25, -0.2) is 0 Å². The van der Waals surface area contributed by atoms with Gasteiger partial charge in [-0.15, -0.1) is 12.4 Å². The molecule has 1 aromatic heterocycles. The van der Waals surface area contributed by atoms with E-state index < -0.39 is 0 Å². The number of amides is 1. The van der Waals surface area contributed by atoms with Gasteiger partial charge in [-0.2, -0.15) is 0 Å². The number of nitrogens with one attached hydrogen (secondary N) is 3. The van der Waals surface area contributed by atoms with E-state index in [2.05, 4.69) is 15.6 Å². The van der Waals surface area contributed by atoms with Gasteiger partial charge in [0, 0.05) is 11.8 Å². The molecule has 1 aliphatic carbocycles. The summed E-state index contributed by atoms with van der Waals surface area (Å²) in [5, 5.41) is 6.32. The standard InChI is InChI=1S/C14H19N3O2.ClH/c18-13-7-6-9-10(16-13)3-1-4-11(9)17-14(19)12-5-2-8-15-12;/h6-7,11-12,15H,1-5,8H2,(H,16,18)(H,17,19);1H. The molecular formula is C14H20ClN3O2. The lowest BCUT2D eigenvalue weighted by Crippen LogP contribution is -2.43. The predicted molar refractivity (Wildman–Crippen MR) is 79.2 cm³/mol. The molecule has 1 aliphatic heterocycles. The molecular weight excluding hydrogens is 278 g/mol. The first-order valence-electron chi connectivity index (χ1n) is 7.00. The summed E-state index contributed by atoms with van der Waals surface area (Å²) in [6.45, 7) is 0.923. The van der Waals surface area contributed by atoms with E-state index in [-0.39, 0.29) is 36.0 Å². The van der Waals surface area contributed by atoms with Gasteiger partial charge < -0.3 is 15.6 Å². The van der Waals surface area contributed by atoms with Gasteiger partial charge >= 0.3 is 0 Å². The minimum Gasteiger partial charge on any atom is -0.348 e. The highest BCUT2D eigenvalue weighted by atomic mass is 35.5. The molecule has 1 amide bonds. The van der Waals surface area contributed by atoms with Crippen LogP contribution in [0.1, 0.15) is 43.0 Å². The first-order valence-corrected chi connectivity index (χ1v) is 7.00. The zero-order valence-electron chi connectivity index (χ0n) is 11.3. The average molecular weight is 298 g/mol. The molecule has 0 spiro atoms. The zero-order chi connectivity index (χ0) is 13.2. The molecule has 2 unspecified atom stereocenters. The highest BCUT2D eigenvalue weighted by Crippen LogP contribution is 2.27. The van der Waals surface area contributed by atoms with Gasteiger partial charge in [-0.1, -0.05) is 0 Å². The molecule has 6 heteroatoms. The number of hydrogen-bond acceptors (Lipinski definition) is 3. The predicted octanol–water partition coefficient (Wildman–Crippen LogP) is 1.04. The van der Waals surface area contributed by atoms with Crippen LogP contribution >= 0.6 is 12.4 Å². The number of halogens is 1. The Kier molecular flexibility index (Phi) is 4.83. The van der Waals surface area contributed by atoms with Crippen LogP contribution in [-0.2, 0) is 11.2 Å². The Hall–Kier alpha value is -1.33. The summed E-state index contributed by atoms with van der Waals surface area (Å²) in [5.41, 5.74) is 1.98. The Morgan fingerprint density at radius 1 is 1.25 bits per heavy atom. The first-order chi connectivity index (χ1) is 9.24. The molecule has 2 aliphatic rings. The Morgan fingerprint density at radius 2 is 2.10 bits per heavy atom. The van der Waals surface area contributed by atoms with Crippen LogP contribution in [0.3, 0.4) is 0 Å². The van der Waals surface area contributed by atoms with Crippen LogP contribution in [-0.4, -0.2) is 23.5 Å². The number of pyridine rings is 1. The third-order valence-electron chi connectivity index (χ3n) is 4.03. The smallest absolute Gasteiger partial charge is 0.248 e.